The van der Waals surface area contributed by atoms with Crippen molar-refractivity contribution in [2.24, 2.45) is 11.3 Å². The lowest BCUT2D eigenvalue weighted by molar-refractivity contribution is 0.214. The highest BCUT2D eigenvalue weighted by molar-refractivity contribution is 6.31. The minimum atomic E-state index is 0.153. The molecular formula is C18H30ClN. The van der Waals surface area contributed by atoms with Crippen molar-refractivity contribution in [2.75, 3.05) is 6.54 Å². The average Bonchev–Trinajstić information content (AvgIpc) is 2.23. The first-order valence-corrected chi connectivity index (χ1v) is 7.87. The van der Waals surface area contributed by atoms with Crippen molar-refractivity contribution in [3.8, 4) is 0 Å². The summed E-state index contributed by atoms with van der Waals surface area (Å²) >= 11 is 6.39. The number of halogens is 1. The molecule has 0 aromatic heterocycles. The molecule has 1 unspecified atom stereocenters. The van der Waals surface area contributed by atoms with Crippen molar-refractivity contribution in [3.63, 3.8) is 0 Å². The van der Waals surface area contributed by atoms with Gasteiger partial charge in [-0.25, -0.2) is 0 Å². The molecule has 1 N–H and O–H groups in total. The Morgan fingerprint density at radius 2 is 1.70 bits per heavy atom. The van der Waals surface area contributed by atoms with E-state index in [0.29, 0.717) is 5.92 Å². The molecule has 0 aliphatic carbocycles. The highest BCUT2D eigenvalue weighted by Crippen LogP contribution is 2.31. The fourth-order valence-electron chi connectivity index (χ4n) is 2.20. The maximum absolute atomic E-state index is 6.39. The third kappa shape index (κ3) is 5.85. The van der Waals surface area contributed by atoms with Crippen molar-refractivity contribution in [3.05, 3.63) is 34.3 Å². The number of hydrogen-bond donors (Lipinski definition) is 1. The van der Waals surface area contributed by atoms with Crippen molar-refractivity contribution in [1.82, 2.24) is 5.32 Å². The molecule has 0 spiro atoms. The summed E-state index contributed by atoms with van der Waals surface area (Å²) in [5, 5.41) is 4.53. The predicted molar refractivity (Wildman–Crippen MR) is 90.6 cm³/mol. The van der Waals surface area contributed by atoms with Crippen LogP contribution in [0.4, 0.5) is 0 Å². The maximum atomic E-state index is 6.39. The SMILES string of the molecule is Cc1ccc(CC(CNC(C)(C)C)C(C)(C)C)c(Cl)c1. The molecule has 1 aromatic rings. The summed E-state index contributed by atoms with van der Waals surface area (Å²) in [7, 11) is 0. The van der Waals surface area contributed by atoms with Gasteiger partial charge in [0.2, 0.25) is 0 Å². The Morgan fingerprint density at radius 1 is 1.10 bits per heavy atom. The second-order valence-electron chi connectivity index (χ2n) is 7.99. The maximum Gasteiger partial charge on any atom is 0.0440 e. The van der Waals surface area contributed by atoms with Gasteiger partial charge in [0.05, 0.1) is 0 Å². The molecule has 0 heterocycles. The van der Waals surface area contributed by atoms with Crippen molar-refractivity contribution in [2.45, 2.75) is 60.4 Å². The van der Waals surface area contributed by atoms with Gasteiger partial charge in [0.25, 0.3) is 0 Å². The third-order valence-corrected chi connectivity index (χ3v) is 4.13. The van der Waals surface area contributed by atoms with Gasteiger partial charge >= 0.3 is 0 Å². The van der Waals surface area contributed by atoms with E-state index in [0.717, 1.165) is 18.0 Å². The first-order chi connectivity index (χ1) is 8.99. The minimum Gasteiger partial charge on any atom is -0.312 e. The molecule has 0 bridgehead atoms. The normalized spacial score (nSPS) is 14.4. The standard InChI is InChI=1S/C18H30ClN/c1-13-8-9-14(16(19)10-13)11-15(17(2,3)4)12-20-18(5,6)7/h8-10,15,20H,11-12H2,1-7H3. The minimum absolute atomic E-state index is 0.153. The van der Waals surface area contributed by atoms with Gasteiger partial charge in [-0.15, -0.1) is 0 Å². The number of hydrogen-bond acceptors (Lipinski definition) is 1. The van der Waals surface area contributed by atoms with Crippen LogP contribution in [0.1, 0.15) is 52.7 Å². The molecule has 1 atom stereocenters. The Balaban J connectivity index is 2.85. The van der Waals surface area contributed by atoms with Crippen LogP contribution in [-0.4, -0.2) is 12.1 Å². The summed E-state index contributed by atoms with van der Waals surface area (Å²) < 4.78 is 0. The summed E-state index contributed by atoms with van der Waals surface area (Å²) in [5.41, 5.74) is 2.89. The molecule has 0 amide bonds. The molecule has 1 nitrogen and oxygen atoms in total. The van der Waals surface area contributed by atoms with E-state index < -0.39 is 0 Å². The van der Waals surface area contributed by atoms with E-state index in [1.54, 1.807) is 0 Å². The van der Waals surface area contributed by atoms with Crippen LogP contribution >= 0.6 is 11.6 Å². The van der Waals surface area contributed by atoms with Gasteiger partial charge in [-0.3, -0.25) is 0 Å². The van der Waals surface area contributed by atoms with Crippen LogP contribution < -0.4 is 5.32 Å². The summed E-state index contributed by atoms with van der Waals surface area (Å²) in [5.74, 6) is 0.557. The molecular weight excluding hydrogens is 266 g/mol. The van der Waals surface area contributed by atoms with Crippen molar-refractivity contribution < 1.29 is 0 Å². The van der Waals surface area contributed by atoms with Crippen LogP contribution in [0.25, 0.3) is 0 Å². The molecule has 0 fully saturated rings. The zero-order chi connectivity index (χ0) is 15.6. The Labute approximate surface area is 130 Å². The molecule has 1 aromatic carbocycles. The molecule has 0 aliphatic heterocycles. The van der Waals surface area contributed by atoms with Crippen LogP contribution in [0.2, 0.25) is 5.02 Å². The lowest BCUT2D eigenvalue weighted by Gasteiger charge is -2.34. The van der Waals surface area contributed by atoms with Crippen LogP contribution in [-0.2, 0) is 6.42 Å². The van der Waals surface area contributed by atoms with Gasteiger partial charge in [0.1, 0.15) is 0 Å². The number of rotatable bonds is 4. The summed E-state index contributed by atoms with van der Waals surface area (Å²) in [6, 6.07) is 6.39. The zero-order valence-electron chi connectivity index (χ0n) is 14.1. The Bertz CT molecular complexity index is 438. The monoisotopic (exact) mass is 295 g/mol. The average molecular weight is 296 g/mol. The van der Waals surface area contributed by atoms with E-state index in [2.05, 4.69) is 72.0 Å². The van der Waals surface area contributed by atoms with Crippen LogP contribution in [0.3, 0.4) is 0 Å². The summed E-state index contributed by atoms with van der Waals surface area (Å²) in [6.45, 7) is 16.7. The largest absolute Gasteiger partial charge is 0.312 e. The van der Waals surface area contributed by atoms with E-state index in [4.69, 9.17) is 11.6 Å². The number of benzene rings is 1. The highest BCUT2D eigenvalue weighted by Gasteiger charge is 2.26. The Morgan fingerprint density at radius 3 is 2.15 bits per heavy atom. The number of nitrogens with one attached hydrogen (secondary N) is 1. The van der Waals surface area contributed by atoms with E-state index >= 15 is 0 Å². The first-order valence-electron chi connectivity index (χ1n) is 7.49. The quantitative estimate of drug-likeness (QED) is 0.801. The van der Waals surface area contributed by atoms with Crippen molar-refractivity contribution >= 4 is 11.6 Å². The van der Waals surface area contributed by atoms with Gasteiger partial charge in [0.15, 0.2) is 0 Å². The summed E-state index contributed by atoms with van der Waals surface area (Å²) in [6.07, 6.45) is 1.02. The van der Waals surface area contributed by atoms with Gasteiger partial charge < -0.3 is 5.32 Å². The van der Waals surface area contributed by atoms with E-state index in [-0.39, 0.29) is 11.0 Å². The van der Waals surface area contributed by atoms with Crippen LogP contribution in [0.5, 0.6) is 0 Å². The third-order valence-electron chi connectivity index (χ3n) is 3.78. The van der Waals surface area contributed by atoms with E-state index in [9.17, 15) is 0 Å². The van der Waals surface area contributed by atoms with Crippen LogP contribution in [0.15, 0.2) is 18.2 Å². The Hall–Kier alpha value is -0.530. The van der Waals surface area contributed by atoms with E-state index in [1.165, 1.54) is 11.1 Å². The lowest BCUT2D eigenvalue weighted by atomic mass is 9.77. The number of aryl methyl sites for hydroxylation is 1. The van der Waals surface area contributed by atoms with Gasteiger partial charge in [-0.2, -0.15) is 0 Å². The smallest absolute Gasteiger partial charge is 0.0440 e. The first kappa shape index (κ1) is 17.5. The summed E-state index contributed by atoms with van der Waals surface area (Å²) in [4.78, 5) is 0. The van der Waals surface area contributed by atoms with Gasteiger partial charge in [-0.05, 0) is 69.2 Å². The van der Waals surface area contributed by atoms with Gasteiger partial charge in [0, 0.05) is 10.6 Å². The predicted octanol–water partition coefficient (Wildman–Crippen LogP) is 5.24. The fraction of sp³-hybridized carbons (Fsp3) is 0.667. The molecule has 0 saturated carbocycles. The highest BCUT2D eigenvalue weighted by atomic mass is 35.5. The molecule has 1 rings (SSSR count). The molecule has 0 aliphatic rings. The zero-order valence-corrected chi connectivity index (χ0v) is 14.9. The fourth-order valence-corrected chi connectivity index (χ4v) is 2.51. The molecule has 0 saturated heterocycles. The molecule has 0 radical (unpaired) electrons. The second kappa shape index (κ2) is 6.49. The van der Waals surface area contributed by atoms with Gasteiger partial charge in [-0.1, -0.05) is 44.5 Å². The second-order valence-corrected chi connectivity index (χ2v) is 8.40. The Kier molecular flexibility index (Phi) is 5.69. The molecule has 114 valence electrons. The topological polar surface area (TPSA) is 12.0 Å². The molecule has 2 heteroatoms. The van der Waals surface area contributed by atoms with Crippen LogP contribution in [0, 0.1) is 18.3 Å². The molecule has 20 heavy (non-hydrogen) atoms. The lowest BCUT2D eigenvalue weighted by Crippen LogP contribution is -2.42. The van der Waals surface area contributed by atoms with Crippen molar-refractivity contribution in [1.29, 1.82) is 0 Å². The van der Waals surface area contributed by atoms with E-state index in [1.807, 2.05) is 0 Å².